The third-order valence-corrected chi connectivity index (χ3v) is 6.89. The van der Waals surface area contributed by atoms with Gasteiger partial charge in [-0.3, -0.25) is 9.59 Å². The van der Waals surface area contributed by atoms with Gasteiger partial charge in [0.2, 0.25) is 15.9 Å². The molecule has 0 bridgehead atoms. The highest BCUT2D eigenvalue weighted by atomic mass is 32.2. The summed E-state index contributed by atoms with van der Waals surface area (Å²) in [5, 5.41) is 0. The third-order valence-electron chi connectivity index (χ3n) is 5.34. The Balaban J connectivity index is 1.51. The summed E-state index contributed by atoms with van der Waals surface area (Å²) >= 11 is 0. The van der Waals surface area contributed by atoms with Crippen LogP contribution in [0.4, 0.5) is 0 Å². The number of nitrogens with one attached hydrogen (secondary N) is 1. The summed E-state index contributed by atoms with van der Waals surface area (Å²) in [6.45, 7) is 3.84. The summed E-state index contributed by atoms with van der Waals surface area (Å²) in [6, 6.07) is 16.2. The van der Waals surface area contributed by atoms with Gasteiger partial charge in [0.1, 0.15) is 0 Å². The van der Waals surface area contributed by atoms with E-state index in [1.54, 1.807) is 28.9 Å². The molecule has 1 fully saturated rings. The average Bonchev–Trinajstić information content (AvgIpc) is 2.79. The van der Waals surface area contributed by atoms with Gasteiger partial charge >= 0.3 is 0 Å². The minimum atomic E-state index is -3.62. The van der Waals surface area contributed by atoms with E-state index >= 15 is 0 Å². The first kappa shape index (κ1) is 23.0. The molecule has 0 unspecified atom stereocenters. The van der Waals surface area contributed by atoms with Crippen LogP contribution in [0, 0.1) is 0 Å². The van der Waals surface area contributed by atoms with Gasteiger partial charge in [0.25, 0.3) is 5.91 Å². The molecule has 1 heterocycles. The number of hydrogen-bond acceptors (Lipinski definition) is 4. The van der Waals surface area contributed by atoms with Crippen molar-refractivity contribution < 1.29 is 18.0 Å². The Labute approximate surface area is 184 Å². The van der Waals surface area contributed by atoms with Crippen LogP contribution in [0.15, 0.2) is 59.5 Å². The van der Waals surface area contributed by atoms with Crippen molar-refractivity contribution in [3.63, 3.8) is 0 Å². The molecule has 2 aromatic rings. The van der Waals surface area contributed by atoms with E-state index < -0.39 is 10.0 Å². The van der Waals surface area contributed by atoms with Crippen LogP contribution in [0.2, 0.25) is 0 Å². The maximum Gasteiger partial charge on any atom is 0.254 e. The number of aryl methyl sites for hydroxylation is 1. The number of hydrogen-bond donors (Lipinski definition) is 1. The van der Waals surface area contributed by atoms with Crippen molar-refractivity contribution >= 4 is 21.8 Å². The molecular formula is C23H29N3O4S. The van der Waals surface area contributed by atoms with Crippen LogP contribution in [0.25, 0.3) is 0 Å². The lowest BCUT2D eigenvalue weighted by molar-refractivity contribution is -0.132. The molecule has 7 nitrogen and oxygen atoms in total. The topological polar surface area (TPSA) is 86.8 Å². The summed E-state index contributed by atoms with van der Waals surface area (Å²) in [5.41, 5.74) is 1.56. The number of piperazine rings is 1. The molecule has 0 aliphatic carbocycles. The molecule has 0 saturated carbocycles. The van der Waals surface area contributed by atoms with Gasteiger partial charge in [-0.1, -0.05) is 43.3 Å². The van der Waals surface area contributed by atoms with Crippen LogP contribution in [0.5, 0.6) is 0 Å². The van der Waals surface area contributed by atoms with Crippen LogP contribution in [-0.4, -0.2) is 62.8 Å². The van der Waals surface area contributed by atoms with Crippen molar-refractivity contribution in [3.8, 4) is 0 Å². The summed E-state index contributed by atoms with van der Waals surface area (Å²) in [4.78, 5) is 28.9. The van der Waals surface area contributed by atoms with E-state index in [1.807, 2.05) is 18.2 Å². The number of carbonyl (C=O) groups excluding carboxylic acids is 2. The molecule has 0 spiro atoms. The molecule has 0 atom stereocenters. The number of nitrogens with zero attached hydrogens (tertiary/aromatic N) is 2. The van der Waals surface area contributed by atoms with Crippen molar-refractivity contribution in [2.24, 2.45) is 0 Å². The van der Waals surface area contributed by atoms with E-state index in [4.69, 9.17) is 0 Å². The van der Waals surface area contributed by atoms with Crippen molar-refractivity contribution in [1.29, 1.82) is 0 Å². The SMILES string of the molecule is CCNS(=O)(=O)c1cccc(C(=O)N2CCN(C(=O)CCCc3ccccc3)CC2)c1. The number of carbonyl (C=O) groups is 2. The Bertz CT molecular complexity index is 1000. The molecule has 1 saturated heterocycles. The standard InChI is InChI=1S/C23H29N3O4S/c1-2-24-31(29,30)21-12-7-11-20(18-21)23(28)26-16-14-25(15-17-26)22(27)13-6-10-19-8-4-3-5-9-19/h3-5,7-9,11-12,18,24H,2,6,10,13-17H2,1H3. The Hall–Kier alpha value is -2.71. The third kappa shape index (κ3) is 6.15. The maximum atomic E-state index is 12.8. The molecule has 2 amide bonds. The highest BCUT2D eigenvalue weighted by molar-refractivity contribution is 7.89. The summed E-state index contributed by atoms with van der Waals surface area (Å²) < 4.78 is 26.8. The Morgan fingerprint density at radius 3 is 2.29 bits per heavy atom. The van der Waals surface area contributed by atoms with E-state index in [1.165, 1.54) is 17.7 Å². The minimum absolute atomic E-state index is 0.0763. The van der Waals surface area contributed by atoms with Crippen molar-refractivity contribution in [1.82, 2.24) is 14.5 Å². The van der Waals surface area contributed by atoms with Gasteiger partial charge in [0.15, 0.2) is 0 Å². The van der Waals surface area contributed by atoms with Gasteiger partial charge in [-0.25, -0.2) is 13.1 Å². The maximum absolute atomic E-state index is 12.8. The fraction of sp³-hybridized carbons (Fsp3) is 0.391. The first-order valence-corrected chi connectivity index (χ1v) is 12.1. The second kappa shape index (κ2) is 10.5. The zero-order chi connectivity index (χ0) is 22.3. The number of rotatable bonds is 8. The fourth-order valence-electron chi connectivity index (χ4n) is 3.66. The van der Waals surface area contributed by atoms with E-state index in [0.717, 1.165) is 12.8 Å². The first-order chi connectivity index (χ1) is 14.9. The molecule has 1 aliphatic heterocycles. The molecule has 166 valence electrons. The predicted molar refractivity (Wildman–Crippen MR) is 119 cm³/mol. The number of sulfonamides is 1. The molecule has 31 heavy (non-hydrogen) atoms. The Morgan fingerprint density at radius 1 is 0.935 bits per heavy atom. The minimum Gasteiger partial charge on any atom is -0.339 e. The Kier molecular flexibility index (Phi) is 7.81. The van der Waals surface area contributed by atoms with Gasteiger partial charge in [-0.15, -0.1) is 0 Å². The number of amides is 2. The highest BCUT2D eigenvalue weighted by Crippen LogP contribution is 2.15. The van der Waals surface area contributed by atoms with Gasteiger partial charge in [-0.2, -0.15) is 0 Å². The predicted octanol–water partition coefficient (Wildman–Crippen LogP) is 2.29. The summed E-state index contributed by atoms with van der Waals surface area (Å²) in [6.07, 6.45) is 2.17. The second-order valence-corrected chi connectivity index (χ2v) is 9.31. The van der Waals surface area contributed by atoms with E-state index in [0.29, 0.717) is 38.2 Å². The fourth-order valence-corrected chi connectivity index (χ4v) is 4.74. The molecule has 1 N–H and O–H groups in total. The number of benzene rings is 2. The Morgan fingerprint density at radius 2 is 1.61 bits per heavy atom. The van der Waals surface area contributed by atoms with Gasteiger partial charge in [0, 0.05) is 44.7 Å². The van der Waals surface area contributed by atoms with Gasteiger partial charge in [-0.05, 0) is 36.6 Å². The van der Waals surface area contributed by atoms with Crippen LogP contribution in [-0.2, 0) is 21.2 Å². The smallest absolute Gasteiger partial charge is 0.254 e. The summed E-state index contributed by atoms with van der Waals surface area (Å²) in [5.74, 6) is -0.105. The molecule has 3 rings (SSSR count). The molecule has 0 aromatic heterocycles. The molecule has 8 heteroatoms. The molecule has 2 aromatic carbocycles. The molecular weight excluding hydrogens is 414 g/mol. The lowest BCUT2D eigenvalue weighted by Crippen LogP contribution is -2.50. The van der Waals surface area contributed by atoms with Crippen molar-refractivity contribution in [2.45, 2.75) is 31.1 Å². The van der Waals surface area contributed by atoms with E-state index in [-0.39, 0.29) is 23.3 Å². The quantitative estimate of drug-likeness (QED) is 0.678. The van der Waals surface area contributed by atoms with E-state index in [2.05, 4.69) is 16.9 Å². The van der Waals surface area contributed by atoms with Gasteiger partial charge in [0.05, 0.1) is 4.90 Å². The monoisotopic (exact) mass is 443 g/mol. The lowest BCUT2D eigenvalue weighted by atomic mass is 10.1. The highest BCUT2D eigenvalue weighted by Gasteiger charge is 2.25. The first-order valence-electron chi connectivity index (χ1n) is 10.6. The zero-order valence-corrected chi connectivity index (χ0v) is 18.6. The molecule has 0 radical (unpaired) electrons. The zero-order valence-electron chi connectivity index (χ0n) is 17.8. The van der Waals surface area contributed by atoms with Crippen LogP contribution in [0.1, 0.15) is 35.7 Å². The van der Waals surface area contributed by atoms with Gasteiger partial charge < -0.3 is 9.80 Å². The molecule has 1 aliphatic rings. The van der Waals surface area contributed by atoms with Crippen molar-refractivity contribution in [3.05, 3.63) is 65.7 Å². The normalized spacial score (nSPS) is 14.5. The van der Waals surface area contributed by atoms with Crippen LogP contribution >= 0.6 is 0 Å². The lowest BCUT2D eigenvalue weighted by Gasteiger charge is -2.35. The van der Waals surface area contributed by atoms with E-state index in [9.17, 15) is 18.0 Å². The summed E-state index contributed by atoms with van der Waals surface area (Å²) in [7, 11) is -3.62. The average molecular weight is 444 g/mol. The van der Waals surface area contributed by atoms with Crippen LogP contribution < -0.4 is 4.72 Å². The largest absolute Gasteiger partial charge is 0.339 e. The van der Waals surface area contributed by atoms with Crippen molar-refractivity contribution in [2.75, 3.05) is 32.7 Å². The van der Waals surface area contributed by atoms with Crippen LogP contribution in [0.3, 0.4) is 0 Å². The second-order valence-electron chi connectivity index (χ2n) is 7.54.